The fourth-order valence-corrected chi connectivity index (χ4v) is 2.56. The van der Waals surface area contributed by atoms with E-state index in [2.05, 4.69) is 30.5 Å². The van der Waals surface area contributed by atoms with E-state index < -0.39 is 0 Å². The average molecular weight is 221 g/mol. The summed E-state index contributed by atoms with van der Waals surface area (Å²) < 4.78 is 1.97. The highest BCUT2D eigenvalue weighted by Crippen LogP contribution is 2.28. The molecule has 0 unspecified atom stereocenters. The molecule has 16 heavy (non-hydrogen) atoms. The molecule has 1 saturated carbocycles. The van der Waals surface area contributed by atoms with Crippen molar-refractivity contribution in [3.63, 3.8) is 0 Å². The van der Waals surface area contributed by atoms with Crippen LogP contribution in [0.25, 0.3) is 0 Å². The summed E-state index contributed by atoms with van der Waals surface area (Å²) in [6.45, 7) is 5.37. The predicted molar refractivity (Wildman–Crippen MR) is 67.6 cm³/mol. The second-order valence-electron chi connectivity index (χ2n) is 4.85. The summed E-state index contributed by atoms with van der Waals surface area (Å²) in [5.74, 6) is 0.969. The lowest BCUT2D eigenvalue weighted by Crippen LogP contribution is -2.25. The Morgan fingerprint density at radius 3 is 2.62 bits per heavy atom. The summed E-state index contributed by atoms with van der Waals surface area (Å²) in [6, 6.07) is 0.664. The molecule has 1 fully saturated rings. The molecule has 3 nitrogen and oxygen atoms in total. The van der Waals surface area contributed by atoms with E-state index in [0.29, 0.717) is 6.04 Å². The molecular formula is C13H23N3. The Hall–Kier alpha value is -0.990. The third kappa shape index (κ3) is 2.77. The van der Waals surface area contributed by atoms with Crippen LogP contribution in [0.15, 0.2) is 12.4 Å². The van der Waals surface area contributed by atoms with Crippen molar-refractivity contribution in [2.75, 3.05) is 5.32 Å². The fraction of sp³-hybridized carbons (Fsp3) is 0.769. The molecule has 0 saturated heterocycles. The van der Waals surface area contributed by atoms with Crippen LogP contribution < -0.4 is 5.32 Å². The molecular weight excluding hydrogens is 198 g/mol. The van der Waals surface area contributed by atoms with Crippen molar-refractivity contribution in [3.05, 3.63) is 12.4 Å². The van der Waals surface area contributed by atoms with Crippen molar-refractivity contribution in [2.24, 2.45) is 5.92 Å². The third-order valence-corrected chi connectivity index (χ3v) is 3.75. The average Bonchev–Trinajstić information content (AvgIpc) is 2.78. The molecule has 1 aromatic rings. The summed E-state index contributed by atoms with van der Waals surface area (Å²) in [4.78, 5) is 0. The highest BCUT2D eigenvalue weighted by Gasteiger charge is 2.19. The first kappa shape index (κ1) is 11.5. The Kier molecular flexibility index (Phi) is 3.86. The number of rotatable bonds is 4. The number of aryl methyl sites for hydroxylation is 1. The van der Waals surface area contributed by atoms with Crippen LogP contribution in [0.2, 0.25) is 0 Å². The minimum absolute atomic E-state index is 0.664. The number of anilines is 1. The lowest BCUT2D eigenvalue weighted by Gasteiger charge is -2.28. The Balaban J connectivity index is 1.82. The van der Waals surface area contributed by atoms with Gasteiger partial charge >= 0.3 is 0 Å². The Labute approximate surface area is 98.2 Å². The molecule has 0 aromatic carbocycles. The van der Waals surface area contributed by atoms with E-state index in [9.17, 15) is 0 Å². The molecule has 0 spiro atoms. The Bertz CT molecular complexity index is 311. The van der Waals surface area contributed by atoms with E-state index in [0.717, 1.165) is 12.5 Å². The molecule has 0 bridgehead atoms. The first-order valence-electron chi connectivity index (χ1n) is 6.60. The van der Waals surface area contributed by atoms with Gasteiger partial charge in [-0.3, -0.25) is 4.68 Å². The molecule has 0 amide bonds. The molecule has 0 atom stereocenters. The largest absolute Gasteiger partial charge is 0.380 e. The van der Waals surface area contributed by atoms with Gasteiger partial charge in [0.15, 0.2) is 0 Å². The zero-order valence-corrected chi connectivity index (χ0v) is 10.4. The lowest BCUT2D eigenvalue weighted by atomic mass is 9.84. The molecule has 1 N–H and O–H groups in total. The van der Waals surface area contributed by atoms with Crippen LogP contribution in [0.1, 0.15) is 46.0 Å². The van der Waals surface area contributed by atoms with Gasteiger partial charge in [0, 0.05) is 18.8 Å². The molecule has 90 valence electrons. The number of nitrogens with zero attached hydrogens (tertiary/aromatic N) is 2. The number of nitrogens with one attached hydrogen (secondary N) is 1. The first-order chi connectivity index (χ1) is 7.81. The van der Waals surface area contributed by atoms with Gasteiger partial charge in [-0.2, -0.15) is 5.10 Å². The minimum Gasteiger partial charge on any atom is -0.380 e. The van der Waals surface area contributed by atoms with Crippen LogP contribution in [0, 0.1) is 5.92 Å². The van der Waals surface area contributed by atoms with E-state index in [1.54, 1.807) is 0 Å². The van der Waals surface area contributed by atoms with Gasteiger partial charge in [0.05, 0.1) is 11.9 Å². The third-order valence-electron chi connectivity index (χ3n) is 3.75. The van der Waals surface area contributed by atoms with E-state index in [1.165, 1.54) is 37.8 Å². The normalized spacial score (nSPS) is 25.6. The monoisotopic (exact) mass is 221 g/mol. The van der Waals surface area contributed by atoms with Gasteiger partial charge in [-0.05, 0) is 38.5 Å². The van der Waals surface area contributed by atoms with E-state index in [1.807, 2.05) is 10.9 Å². The Morgan fingerprint density at radius 1 is 1.31 bits per heavy atom. The van der Waals surface area contributed by atoms with Crippen molar-refractivity contribution in [1.29, 1.82) is 0 Å². The topological polar surface area (TPSA) is 29.9 Å². The molecule has 1 aliphatic carbocycles. The second kappa shape index (κ2) is 5.37. The van der Waals surface area contributed by atoms with E-state index in [-0.39, 0.29) is 0 Å². The van der Waals surface area contributed by atoms with Crippen molar-refractivity contribution in [2.45, 2.75) is 58.5 Å². The van der Waals surface area contributed by atoms with Gasteiger partial charge in [-0.1, -0.05) is 13.3 Å². The molecule has 1 aromatic heterocycles. The summed E-state index contributed by atoms with van der Waals surface area (Å²) in [7, 11) is 0. The highest BCUT2D eigenvalue weighted by molar-refractivity contribution is 5.39. The van der Waals surface area contributed by atoms with Crippen LogP contribution in [-0.4, -0.2) is 15.8 Å². The standard InChI is InChI=1S/C13H23N3/c1-3-11-5-7-12(8-6-11)15-13-9-14-16(4-2)10-13/h9-12,15H,3-8H2,1-2H3. The quantitative estimate of drug-likeness (QED) is 0.845. The van der Waals surface area contributed by atoms with Gasteiger partial charge < -0.3 is 5.32 Å². The van der Waals surface area contributed by atoms with Crippen molar-refractivity contribution in [1.82, 2.24) is 9.78 Å². The molecule has 3 heteroatoms. The number of aromatic nitrogens is 2. The predicted octanol–water partition coefficient (Wildman–Crippen LogP) is 3.28. The minimum atomic E-state index is 0.664. The van der Waals surface area contributed by atoms with E-state index >= 15 is 0 Å². The molecule has 0 radical (unpaired) electrons. The maximum absolute atomic E-state index is 4.29. The van der Waals surface area contributed by atoms with Crippen molar-refractivity contribution in [3.8, 4) is 0 Å². The van der Waals surface area contributed by atoms with Crippen LogP contribution in [0.5, 0.6) is 0 Å². The summed E-state index contributed by atoms with van der Waals surface area (Å²) >= 11 is 0. The molecule has 0 aliphatic heterocycles. The first-order valence-corrected chi connectivity index (χ1v) is 6.60. The smallest absolute Gasteiger partial charge is 0.0728 e. The summed E-state index contributed by atoms with van der Waals surface area (Å²) in [5, 5.41) is 7.88. The fourth-order valence-electron chi connectivity index (χ4n) is 2.56. The van der Waals surface area contributed by atoms with Gasteiger partial charge in [0.2, 0.25) is 0 Å². The number of hydrogen-bond acceptors (Lipinski definition) is 2. The SMILES string of the molecule is CCC1CCC(Nc2cnn(CC)c2)CC1. The lowest BCUT2D eigenvalue weighted by molar-refractivity contribution is 0.330. The van der Waals surface area contributed by atoms with Gasteiger partial charge in [-0.15, -0.1) is 0 Å². The molecule has 1 heterocycles. The van der Waals surface area contributed by atoms with E-state index in [4.69, 9.17) is 0 Å². The number of hydrogen-bond donors (Lipinski definition) is 1. The zero-order valence-electron chi connectivity index (χ0n) is 10.4. The maximum Gasteiger partial charge on any atom is 0.0728 e. The Morgan fingerprint density at radius 2 is 2.06 bits per heavy atom. The highest BCUT2D eigenvalue weighted by atomic mass is 15.3. The summed E-state index contributed by atoms with van der Waals surface area (Å²) in [6.07, 6.45) is 10.8. The van der Waals surface area contributed by atoms with Gasteiger partial charge in [-0.25, -0.2) is 0 Å². The zero-order chi connectivity index (χ0) is 11.4. The van der Waals surface area contributed by atoms with Crippen LogP contribution in [-0.2, 0) is 6.54 Å². The molecule has 1 aliphatic rings. The maximum atomic E-state index is 4.29. The van der Waals surface area contributed by atoms with Gasteiger partial charge in [0.25, 0.3) is 0 Å². The van der Waals surface area contributed by atoms with Crippen molar-refractivity contribution < 1.29 is 0 Å². The van der Waals surface area contributed by atoms with Gasteiger partial charge in [0.1, 0.15) is 0 Å². The van der Waals surface area contributed by atoms with Crippen LogP contribution in [0.3, 0.4) is 0 Å². The molecule has 2 rings (SSSR count). The van der Waals surface area contributed by atoms with Crippen LogP contribution >= 0.6 is 0 Å². The van der Waals surface area contributed by atoms with Crippen LogP contribution in [0.4, 0.5) is 5.69 Å². The second-order valence-corrected chi connectivity index (χ2v) is 4.85. The summed E-state index contributed by atoms with van der Waals surface area (Å²) in [5.41, 5.74) is 1.18. The van der Waals surface area contributed by atoms with Crippen molar-refractivity contribution >= 4 is 5.69 Å².